The van der Waals surface area contributed by atoms with E-state index in [0.29, 0.717) is 34.1 Å². The molecule has 1 saturated carbocycles. The van der Waals surface area contributed by atoms with Gasteiger partial charge in [0.2, 0.25) is 5.91 Å². The summed E-state index contributed by atoms with van der Waals surface area (Å²) in [5.74, 6) is -5.87. The summed E-state index contributed by atoms with van der Waals surface area (Å²) in [6.07, 6.45) is 2.31. The lowest BCUT2D eigenvalue weighted by molar-refractivity contribution is -0.119. The number of hydrogen-bond donors (Lipinski definition) is 3. The molecule has 0 saturated heterocycles. The van der Waals surface area contributed by atoms with Crippen molar-refractivity contribution in [3.05, 3.63) is 47.5 Å². The Labute approximate surface area is 181 Å². The molecule has 3 aromatic heterocycles. The van der Waals surface area contributed by atoms with Gasteiger partial charge in [0.1, 0.15) is 17.4 Å². The molecule has 0 aromatic carbocycles. The van der Waals surface area contributed by atoms with Crippen molar-refractivity contribution in [1.82, 2.24) is 15.0 Å². The molecule has 4 rings (SSSR count). The first-order valence-electron chi connectivity index (χ1n) is 10.0. The Morgan fingerprint density at radius 2 is 1.97 bits per heavy atom. The number of carbonyl (C=O) groups excluding carboxylic acids is 2. The van der Waals surface area contributed by atoms with Gasteiger partial charge >= 0.3 is 0 Å². The summed E-state index contributed by atoms with van der Waals surface area (Å²) in [7, 11) is 0. The molecular formula is C22H21F2N5O3. The molecular weight excluding hydrogens is 420 g/mol. The minimum absolute atomic E-state index is 0.0107. The fraction of sp³-hybridized carbons (Fsp3) is 0.318. The van der Waals surface area contributed by atoms with Gasteiger partial charge in [0.05, 0.1) is 17.3 Å². The van der Waals surface area contributed by atoms with Crippen molar-refractivity contribution < 1.29 is 23.5 Å². The predicted molar refractivity (Wildman–Crippen MR) is 113 cm³/mol. The molecule has 3 aromatic rings. The monoisotopic (exact) mass is 441 g/mol. The maximum absolute atomic E-state index is 13.1. The Morgan fingerprint density at radius 1 is 1.25 bits per heavy atom. The standard InChI is InChI=1S/C22H21F2N5O3/c1-3-17(30)16-4-10(2)13(9-26-16)12-5-11-8-27-18(6-15(11)28-19(12)20(25)31)29-21(32)14-7-22(14,23)24/h4-6,8-9,14,17,30H,3,7H2,1-2H3,(H2,25,31)(H,27,29,32)/t14-,17+/m1/s1. The molecule has 4 N–H and O–H groups in total. The largest absolute Gasteiger partial charge is 0.387 e. The van der Waals surface area contributed by atoms with Gasteiger partial charge < -0.3 is 16.2 Å². The van der Waals surface area contributed by atoms with Gasteiger partial charge in [0.25, 0.3) is 11.8 Å². The number of aromatic nitrogens is 3. The Hall–Kier alpha value is -3.53. The van der Waals surface area contributed by atoms with Crippen molar-refractivity contribution in [2.24, 2.45) is 11.7 Å². The number of alkyl halides is 2. The van der Waals surface area contributed by atoms with E-state index in [1.165, 1.54) is 12.3 Å². The number of pyridine rings is 3. The third-order valence-corrected chi connectivity index (χ3v) is 5.48. The minimum Gasteiger partial charge on any atom is -0.387 e. The van der Waals surface area contributed by atoms with Crippen LogP contribution in [0.4, 0.5) is 14.6 Å². The Bertz CT molecular complexity index is 1250. The number of amides is 2. The molecule has 1 aliphatic rings. The van der Waals surface area contributed by atoms with Crippen LogP contribution in [0.1, 0.15) is 47.6 Å². The number of aliphatic hydroxyl groups is 1. The van der Waals surface area contributed by atoms with Crippen molar-refractivity contribution in [1.29, 1.82) is 0 Å². The highest BCUT2D eigenvalue weighted by atomic mass is 19.3. The van der Waals surface area contributed by atoms with E-state index >= 15 is 0 Å². The first-order valence-corrected chi connectivity index (χ1v) is 10.0. The fourth-order valence-electron chi connectivity index (χ4n) is 3.49. The van der Waals surface area contributed by atoms with Crippen LogP contribution in [-0.2, 0) is 4.79 Å². The van der Waals surface area contributed by atoms with Crippen molar-refractivity contribution >= 4 is 28.5 Å². The Morgan fingerprint density at radius 3 is 2.56 bits per heavy atom. The summed E-state index contributed by atoms with van der Waals surface area (Å²) in [4.78, 5) is 36.8. The average molecular weight is 441 g/mol. The van der Waals surface area contributed by atoms with Gasteiger partial charge in [-0.25, -0.2) is 18.7 Å². The number of primary amides is 1. The minimum atomic E-state index is -2.98. The van der Waals surface area contributed by atoms with Crippen molar-refractivity contribution in [2.45, 2.75) is 38.7 Å². The zero-order valence-electron chi connectivity index (χ0n) is 17.4. The molecule has 1 aliphatic carbocycles. The van der Waals surface area contributed by atoms with Crippen LogP contribution in [-0.4, -0.2) is 37.8 Å². The van der Waals surface area contributed by atoms with E-state index in [-0.39, 0.29) is 11.5 Å². The van der Waals surface area contributed by atoms with Gasteiger partial charge in [-0.1, -0.05) is 6.92 Å². The van der Waals surface area contributed by atoms with Crippen LogP contribution in [0.15, 0.2) is 30.6 Å². The van der Waals surface area contributed by atoms with Crippen LogP contribution in [0.25, 0.3) is 22.0 Å². The number of halogens is 2. The zero-order chi connectivity index (χ0) is 23.2. The lowest BCUT2D eigenvalue weighted by atomic mass is 9.98. The summed E-state index contributed by atoms with van der Waals surface area (Å²) >= 11 is 0. The molecule has 2 amide bonds. The van der Waals surface area contributed by atoms with Gasteiger partial charge in [-0.3, -0.25) is 14.6 Å². The summed E-state index contributed by atoms with van der Waals surface area (Å²) in [5, 5.41) is 12.9. The number of fused-ring (bicyclic) bond motifs is 1. The second kappa shape index (κ2) is 7.86. The zero-order valence-corrected chi connectivity index (χ0v) is 17.4. The quantitative estimate of drug-likeness (QED) is 0.539. The number of rotatable bonds is 6. The van der Waals surface area contributed by atoms with E-state index in [9.17, 15) is 23.5 Å². The number of nitrogens with one attached hydrogen (secondary N) is 1. The number of carbonyl (C=O) groups is 2. The van der Waals surface area contributed by atoms with Crippen molar-refractivity contribution in [3.63, 3.8) is 0 Å². The lowest BCUT2D eigenvalue weighted by Gasteiger charge is -2.14. The molecule has 1 fully saturated rings. The Kier molecular flexibility index (Phi) is 5.33. The van der Waals surface area contributed by atoms with Crippen LogP contribution in [0.3, 0.4) is 0 Å². The second-order valence-electron chi connectivity index (χ2n) is 7.87. The van der Waals surface area contributed by atoms with E-state index in [4.69, 9.17) is 5.73 Å². The molecule has 0 radical (unpaired) electrons. The fourth-order valence-corrected chi connectivity index (χ4v) is 3.49. The first-order chi connectivity index (χ1) is 15.1. The summed E-state index contributed by atoms with van der Waals surface area (Å²) in [5.41, 5.74) is 8.23. The van der Waals surface area contributed by atoms with Crippen LogP contribution < -0.4 is 11.1 Å². The molecule has 32 heavy (non-hydrogen) atoms. The highest BCUT2D eigenvalue weighted by Crippen LogP contribution is 2.49. The van der Waals surface area contributed by atoms with Crippen molar-refractivity contribution in [3.8, 4) is 11.1 Å². The van der Waals surface area contributed by atoms with Gasteiger partial charge in [0, 0.05) is 41.4 Å². The number of anilines is 1. The highest BCUT2D eigenvalue weighted by Gasteiger charge is 2.61. The summed E-state index contributed by atoms with van der Waals surface area (Å²) in [6.45, 7) is 3.66. The molecule has 0 spiro atoms. The number of nitrogens with two attached hydrogens (primary N) is 1. The molecule has 0 bridgehead atoms. The first kappa shape index (κ1) is 21.7. The maximum atomic E-state index is 13.1. The van der Waals surface area contributed by atoms with E-state index in [1.54, 1.807) is 18.3 Å². The molecule has 8 nitrogen and oxygen atoms in total. The number of aryl methyl sites for hydroxylation is 1. The molecule has 3 heterocycles. The summed E-state index contributed by atoms with van der Waals surface area (Å²) in [6, 6.07) is 4.81. The maximum Gasteiger partial charge on any atom is 0.267 e. The lowest BCUT2D eigenvalue weighted by Crippen LogP contribution is -2.18. The van der Waals surface area contributed by atoms with Crippen LogP contribution in [0.5, 0.6) is 0 Å². The predicted octanol–water partition coefficient (Wildman–Crippen LogP) is 3.14. The molecule has 0 aliphatic heterocycles. The van der Waals surface area contributed by atoms with Gasteiger partial charge in [0.15, 0.2) is 0 Å². The van der Waals surface area contributed by atoms with E-state index < -0.39 is 36.2 Å². The third kappa shape index (κ3) is 4.01. The van der Waals surface area contributed by atoms with Crippen LogP contribution in [0.2, 0.25) is 0 Å². The SMILES string of the molecule is CC[C@H](O)c1cc(C)c(-c2cc3cnc(NC(=O)[C@H]4CC4(F)F)cc3nc2C(N)=O)cn1. The topological polar surface area (TPSA) is 131 Å². The van der Waals surface area contributed by atoms with Crippen LogP contribution in [0, 0.1) is 12.8 Å². The smallest absolute Gasteiger partial charge is 0.267 e. The molecule has 0 unspecified atom stereocenters. The average Bonchev–Trinajstić information content (AvgIpc) is 3.40. The normalized spacial score (nSPS) is 17.7. The number of nitrogens with zero attached hydrogens (tertiary/aromatic N) is 3. The Balaban J connectivity index is 1.72. The van der Waals surface area contributed by atoms with Gasteiger partial charge in [-0.05, 0) is 31.0 Å². The van der Waals surface area contributed by atoms with Crippen molar-refractivity contribution in [2.75, 3.05) is 5.32 Å². The van der Waals surface area contributed by atoms with Crippen LogP contribution >= 0.6 is 0 Å². The third-order valence-electron chi connectivity index (χ3n) is 5.48. The number of aliphatic hydroxyl groups excluding tert-OH is 1. The number of hydrogen-bond acceptors (Lipinski definition) is 6. The summed E-state index contributed by atoms with van der Waals surface area (Å²) < 4.78 is 26.2. The van der Waals surface area contributed by atoms with E-state index in [1.807, 2.05) is 13.8 Å². The van der Waals surface area contributed by atoms with E-state index in [0.717, 1.165) is 5.56 Å². The van der Waals surface area contributed by atoms with E-state index in [2.05, 4.69) is 20.3 Å². The molecule has 10 heteroatoms. The highest BCUT2D eigenvalue weighted by molar-refractivity contribution is 6.02. The molecule has 2 atom stereocenters. The second-order valence-corrected chi connectivity index (χ2v) is 7.87. The molecule has 166 valence electrons. The van der Waals surface area contributed by atoms with Gasteiger partial charge in [-0.2, -0.15) is 0 Å². The van der Waals surface area contributed by atoms with Gasteiger partial charge in [-0.15, -0.1) is 0 Å².